The first-order valence-electron chi connectivity index (χ1n) is 7.01. The Morgan fingerprint density at radius 1 is 1.00 bits per heavy atom. The van der Waals surface area contributed by atoms with Crippen LogP contribution in [0.3, 0.4) is 0 Å². The van der Waals surface area contributed by atoms with Crippen molar-refractivity contribution >= 4 is 29.6 Å². The number of halogens is 1. The Kier molecular flexibility index (Phi) is 4.86. The number of anilines is 1. The minimum absolute atomic E-state index is 0. The average molecular weight is 302 g/mol. The summed E-state index contributed by atoms with van der Waals surface area (Å²) in [7, 11) is 2.08. The van der Waals surface area contributed by atoms with E-state index >= 15 is 0 Å². The topological polar surface area (TPSA) is 18.8 Å². The number of hydrogen-bond acceptors (Lipinski definition) is 3. The van der Waals surface area contributed by atoms with Crippen LogP contribution >= 0.6 is 12.4 Å². The molecule has 0 bridgehead atoms. The van der Waals surface area contributed by atoms with Gasteiger partial charge in [-0.1, -0.05) is 43.3 Å². The summed E-state index contributed by atoms with van der Waals surface area (Å²) in [6.07, 6.45) is 0.911. The quantitative estimate of drug-likeness (QED) is 0.818. The van der Waals surface area contributed by atoms with E-state index in [9.17, 15) is 0 Å². The Hall–Kier alpha value is -2.00. The van der Waals surface area contributed by atoms with Crippen LogP contribution in [0.5, 0.6) is 0 Å². The normalized spacial score (nSPS) is 13.9. The maximum absolute atomic E-state index is 4.82. The average Bonchev–Trinajstić information content (AvgIpc) is 2.65. The van der Waals surface area contributed by atoms with Crippen LogP contribution in [0.4, 0.5) is 11.4 Å². The summed E-state index contributed by atoms with van der Waals surface area (Å²) in [6.45, 7) is 2.98. The lowest BCUT2D eigenvalue weighted by molar-refractivity contribution is 0.448. The molecule has 2 aromatic carbocycles. The molecule has 2 aromatic rings. The van der Waals surface area contributed by atoms with Crippen LogP contribution in [0.15, 0.2) is 59.6 Å². The van der Waals surface area contributed by atoms with Gasteiger partial charge in [-0.2, -0.15) is 0 Å². The fourth-order valence-electron chi connectivity index (χ4n) is 2.54. The zero-order valence-corrected chi connectivity index (χ0v) is 13.2. The van der Waals surface area contributed by atoms with E-state index in [1.165, 1.54) is 11.3 Å². The summed E-state index contributed by atoms with van der Waals surface area (Å²) < 4.78 is 0. The fourth-order valence-corrected chi connectivity index (χ4v) is 2.54. The first-order chi connectivity index (χ1) is 9.79. The summed E-state index contributed by atoms with van der Waals surface area (Å²) >= 11 is 0. The molecule has 0 aromatic heterocycles. The summed E-state index contributed by atoms with van der Waals surface area (Å²) in [5, 5.41) is 4.43. The van der Waals surface area contributed by atoms with Gasteiger partial charge in [0.05, 0.1) is 17.9 Å². The molecule has 4 heteroatoms. The van der Waals surface area contributed by atoms with Gasteiger partial charge in [0.25, 0.3) is 0 Å². The molecule has 21 heavy (non-hydrogen) atoms. The van der Waals surface area contributed by atoms with E-state index in [0.717, 1.165) is 24.5 Å². The van der Waals surface area contributed by atoms with E-state index in [-0.39, 0.29) is 12.4 Å². The van der Waals surface area contributed by atoms with Crippen molar-refractivity contribution in [3.05, 3.63) is 60.2 Å². The minimum atomic E-state index is 0. The van der Waals surface area contributed by atoms with Gasteiger partial charge in [0.1, 0.15) is 5.84 Å². The van der Waals surface area contributed by atoms with Gasteiger partial charge >= 0.3 is 0 Å². The number of amidine groups is 1. The zero-order valence-electron chi connectivity index (χ0n) is 12.4. The molecule has 0 N–H and O–H groups in total. The molecule has 0 radical (unpaired) electrons. The number of nitrogens with zero attached hydrogens (tertiary/aromatic N) is 3. The molecule has 0 aliphatic carbocycles. The maximum atomic E-state index is 4.82. The number of aliphatic imine (C=N–C) groups is 1. The molecule has 0 unspecified atom stereocenters. The molecule has 0 atom stereocenters. The maximum Gasteiger partial charge on any atom is 0.123 e. The second-order valence-corrected chi connectivity index (χ2v) is 4.93. The molecule has 1 aliphatic rings. The van der Waals surface area contributed by atoms with Crippen molar-refractivity contribution in [2.75, 3.05) is 12.1 Å². The monoisotopic (exact) mass is 301 g/mol. The number of fused-ring (bicyclic) bond motifs is 1. The standard InChI is InChI=1S/C17H19N3.ClH/c1-3-17-18-16-12-8-7-9-14(16)13-20(19(17)2)15-10-5-4-6-11-15;/h4-12H,3,13H2,1-2H3;1H. The predicted octanol–water partition coefficient (Wildman–Crippen LogP) is 4.42. The zero-order chi connectivity index (χ0) is 13.9. The molecule has 0 saturated carbocycles. The number of hydrogen-bond donors (Lipinski definition) is 0. The highest BCUT2D eigenvalue weighted by atomic mass is 35.5. The largest absolute Gasteiger partial charge is 0.280 e. The molecule has 0 amide bonds. The van der Waals surface area contributed by atoms with E-state index in [1.807, 2.05) is 12.1 Å². The summed E-state index contributed by atoms with van der Waals surface area (Å²) in [4.78, 5) is 4.82. The third kappa shape index (κ3) is 3.03. The molecule has 1 aliphatic heterocycles. The molecule has 1 heterocycles. The van der Waals surface area contributed by atoms with Gasteiger partial charge in [-0.05, 0) is 23.8 Å². The van der Waals surface area contributed by atoms with Gasteiger partial charge in [-0.25, -0.2) is 4.99 Å². The van der Waals surface area contributed by atoms with Crippen molar-refractivity contribution in [3.63, 3.8) is 0 Å². The molecule has 3 rings (SSSR count). The Morgan fingerprint density at radius 2 is 1.67 bits per heavy atom. The van der Waals surface area contributed by atoms with Crippen molar-refractivity contribution in [1.82, 2.24) is 5.01 Å². The third-order valence-electron chi connectivity index (χ3n) is 3.67. The third-order valence-corrected chi connectivity index (χ3v) is 3.67. The second-order valence-electron chi connectivity index (χ2n) is 4.93. The number of para-hydroxylation sites is 2. The van der Waals surface area contributed by atoms with Crippen molar-refractivity contribution in [2.45, 2.75) is 19.9 Å². The van der Waals surface area contributed by atoms with Crippen molar-refractivity contribution < 1.29 is 0 Å². The SMILES string of the molecule is CCC1=Nc2ccccc2CN(c2ccccc2)N1C.Cl. The first kappa shape index (κ1) is 15.4. The lowest BCUT2D eigenvalue weighted by atomic mass is 10.1. The van der Waals surface area contributed by atoms with Crippen molar-refractivity contribution in [1.29, 1.82) is 0 Å². The highest BCUT2D eigenvalue weighted by Gasteiger charge is 2.20. The van der Waals surface area contributed by atoms with Crippen LogP contribution in [0, 0.1) is 0 Å². The van der Waals surface area contributed by atoms with Crippen LogP contribution in [0.25, 0.3) is 0 Å². The van der Waals surface area contributed by atoms with E-state index in [1.54, 1.807) is 0 Å². The minimum Gasteiger partial charge on any atom is -0.280 e. The smallest absolute Gasteiger partial charge is 0.123 e. The van der Waals surface area contributed by atoms with Gasteiger partial charge < -0.3 is 0 Å². The van der Waals surface area contributed by atoms with E-state index in [0.29, 0.717) is 0 Å². The predicted molar refractivity (Wildman–Crippen MR) is 91.5 cm³/mol. The highest BCUT2D eigenvalue weighted by molar-refractivity contribution is 5.87. The van der Waals surface area contributed by atoms with E-state index < -0.39 is 0 Å². The Balaban J connectivity index is 0.00000161. The molecule has 0 saturated heterocycles. The first-order valence-corrected chi connectivity index (χ1v) is 7.01. The summed E-state index contributed by atoms with van der Waals surface area (Å²) in [6, 6.07) is 18.8. The van der Waals surface area contributed by atoms with Gasteiger partial charge in [0.2, 0.25) is 0 Å². The molecule has 110 valence electrons. The Bertz CT molecular complexity index is 625. The summed E-state index contributed by atoms with van der Waals surface area (Å²) in [5.41, 5.74) is 3.52. The van der Waals surface area contributed by atoms with Crippen LogP contribution < -0.4 is 5.01 Å². The van der Waals surface area contributed by atoms with Crippen molar-refractivity contribution in [2.24, 2.45) is 4.99 Å². The van der Waals surface area contributed by atoms with Gasteiger partial charge in [-0.3, -0.25) is 10.0 Å². The van der Waals surface area contributed by atoms with Gasteiger partial charge in [-0.15, -0.1) is 12.4 Å². The molecular formula is C17H20ClN3. The number of rotatable bonds is 2. The molecule has 0 spiro atoms. The highest BCUT2D eigenvalue weighted by Crippen LogP contribution is 2.28. The molecule has 0 fully saturated rings. The second kappa shape index (κ2) is 6.64. The van der Waals surface area contributed by atoms with Crippen molar-refractivity contribution in [3.8, 4) is 0 Å². The van der Waals surface area contributed by atoms with E-state index in [2.05, 4.69) is 66.5 Å². The Morgan fingerprint density at radius 3 is 2.38 bits per heavy atom. The lowest BCUT2D eigenvalue weighted by Gasteiger charge is -2.34. The van der Waals surface area contributed by atoms with Gasteiger partial charge in [0, 0.05) is 13.5 Å². The summed E-state index contributed by atoms with van der Waals surface area (Å²) in [5.74, 6) is 1.08. The molecular weight excluding hydrogens is 282 g/mol. The molecule has 3 nitrogen and oxygen atoms in total. The van der Waals surface area contributed by atoms with Gasteiger partial charge in [0.15, 0.2) is 0 Å². The Labute approximate surface area is 132 Å². The lowest BCUT2D eigenvalue weighted by Crippen LogP contribution is -2.42. The fraction of sp³-hybridized carbons (Fsp3) is 0.235. The number of benzene rings is 2. The number of hydrazine groups is 1. The van der Waals surface area contributed by atoms with Crippen LogP contribution in [0.1, 0.15) is 18.9 Å². The van der Waals surface area contributed by atoms with Crippen LogP contribution in [-0.4, -0.2) is 17.9 Å². The van der Waals surface area contributed by atoms with Crippen LogP contribution in [-0.2, 0) is 6.54 Å². The van der Waals surface area contributed by atoms with E-state index in [4.69, 9.17) is 4.99 Å². The van der Waals surface area contributed by atoms with Crippen LogP contribution in [0.2, 0.25) is 0 Å².